The van der Waals surface area contributed by atoms with E-state index in [4.69, 9.17) is 4.42 Å². The van der Waals surface area contributed by atoms with Crippen LogP contribution in [-0.4, -0.2) is 0 Å². The van der Waals surface area contributed by atoms with Crippen LogP contribution >= 0.6 is 0 Å². The first-order valence-corrected chi connectivity index (χ1v) is 12.9. The number of fused-ring (bicyclic) bond motifs is 1. The van der Waals surface area contributed by atoms with Crippen molar-refractivity contribution < 1.29 is 4.42 Å². The van der Waals surface area contributed by atoms with E-state index in [0.717, 1.165) is 50.0 Å². The first-order chi connectivity index (χ1) is 16.1. The second-order valence-corrected chi connectivity index (χ2v) is 9.01. The zero-order valence-corrected chi connectivity index (χ0v) is 21.3. The Morgan fingerprint density at radius 3 is 1.09 bits per heavy atom. The van der Waals surface area contributed by atoms with Gasteiger partial charge in [-0.3, -0.25) is 0 Å². The Morgan fingerprint density at radius 1 is 0.485 bits per heavy atom. The number of furan rings is 1. The van der Waals surface area contributed by atoms with Crippen molar-refractivity contribution in [3.63, 3.8) is 0 Å². The van der Waals surface area contributed by atoms with Gasteiger partial charge in [0, 0.05) is 21.9 Å². The first kappa shape index (κ1) is 23.4. The van der Waals surface area contributed by atoms with Crippen molar-refractivity contribution in [1.29, 1.82) is 0 Å². The fourth-order valence-electron chi connectivity index (χ4n) is 5.25. The molecule has 0 aliphatic rings. The largest absolute Gasteiger partial charge is 0.455 e. The van der Waals surface area contributed by atoms with Crippen molar-refractivity contribution in [3.05, 3.63) is 81.9 Å². The normalized spacial score (nSPS) is 11.5. The maximum Gasteiger partial charge on any atom is 0.143 e. The van der Waals surface area contributed by atoms with E-state index in [0.29, 0.717) is 0 Å². The minimum absolute atomic E-state index is 1.01. The number of hydrogen-bond donors (Lipinski definition) is 0. The third-order valence-electron chi connectivity index (χ3n) is 7.14. The van der Waals surface area contributed by atoms with Crippen LogP contribution < -0.4 is 0 Å². The van der Waals surface area contributed by atoms with E-state index >= 15 is 0 Å². The smallest absolute Gasteiger partial charge is 0.143 e. The Hall–Kier alpha value is -2.80. The zero-order chi connectivity index (χ0) is 23.5. The molecule has 0 aliphatic heterocycles. The predicted octanol–water partition coefficient (Wildman–Crippen LogP) is 9.14. The molecule has 0 bridgehead atoms. The Labute approximate surface area is 199 Å². The lowest BCUT2D eigenvalue weighted by Gasteiger charge is -2.15. The van der Waals surface area contributed by atoms with E-state index in [1.54, 1.807) is 0 Å². The van der Waals surface area contributed by atoms with Crippen LogP contribution in [0.15, 0.2) is 52.9 Å². The molecule has 4 aromatic rings. The van der Waals surface area contributed by atoms with Crippen LogP contribution in [0.5, 0.6) is 0 Å². The summed E-state index contributed by atoms with van der Waals surface area (Å²) in [5, 5.41) is 2.45. The summed E-state index contributed by atoms with van der Waals surface area (Å²) in [6.45, 7) is 13.5. The van der Waals surface area contributed by atoms with Crippen molar-refractivity contribution >= 4 is 10.8 Å². The van der Waals surface area contributed by atoms with Gasteiger partial charge in [0.1, 0.15) is 11.5 Å². The topological polar surface area (TPSA) is 13.1 Å². The van der Waals surface area contributed by atoms with Gasteiger partial charge in [0.05, 0.1) is 0 Å². The lowest BCUT2D eigenvalue weighted by molar-refractivity contribution is 0.598. The molecule has 33 heavy (non-hydrogen) atoms. The van der Waals surface area contributed by atoms with Crippen LogP contribution in [0.2, 0.25) is 0 Å². The third kappa shape index (κ3) is 4.14. The standard InChI is InChI=1S/C32H38O/c1-7-21-17-23(9-3)29(24(10-4)18-21)31-27-15-13-14-16-28(27)32(33-31)30-25(11-5)19-22(8-2)20-26(30)12-6/h13-20H,7-12H2,1-6H3. The quantitative estimate of drug-likeness (QED) is 0.267. The second kappa shape index (κ2) is 10.00. The summed E-state index contributed by atoms with van der Waals surface area (Å²) in [6.07, 6.45) is 6.15. The third-order valence-corrected chi connectivity index (χ3v) is 7.14. The van der Waals surface area contributed by atoms with Crippen LogP contribution in [0, 0.1) is 0 Å². The Morgan fingerprint density at radius 2 is 0.818 bits per heavy atom. The van der Waals surface area contributed by atoms with Crippen molar-refractivity contribution in [1.82, 2.24) is 0 Å². The number of hydrogen-bond acceptors (Lipinski definition) is 1. The van der Waals surface area contributed by atoms with E-state index in [-0.39, 0.29) is 0 Å². The van der Waals surface area contributed by atoms with Crippen LogP contribution in [0.1, 0.15) is 74.9 Å². The molecule has 1 heterocycles. The fourth-order valence-corrected chi connectivity index (χ4v) is 5.25. The molecule has 4 rings (SSSR count). The molecular formula is C32H38O. The first-order valence-electron chi connectivity index (χ1n) is 12.9. The van der Waals surface area contributed by atoms with E-state index in [9.17, 15) is 0 Å². The molecule has 0 amide bonds. The minimum atomic E-state index is 1.01. The molecule has 0 fully saturated rings. The van der Waals surface area contributed by atoms with Gasteiger partial charge in [0.25, 0.3) is 0 Å². The van der Waals surface area contributed by atoms with Gasteiger partial charge in [-0.05, 0) is 71.9 Å². The fraction of sp³-hybridized carbons (Fsp3) is 0.375. The summed E-state index contributed by atoms with van der Waals surface area (Å²) < 4.78 is 6.95. The summed E-state index contributed by atoms with van der Waals surface area (Å²) in [7, 11) is 0. The number of rotatable bonds is 8. The van der Waals surface area contributed by atoms with Gasteiger partial charge < -0.3 is 4.42 Å². The van der Waals surface area contributed by atoms with E-state index in [1.165, 1.54) is 55.3 Å². The van der Waals surface area contributed by atoms with Crippen LogP contribution in [0.3, 0.4) is 0 Å². The van der Waals surface area contributed by atoms with E-state index < -0.39 is 0 Å². The predicted molar refractivity (Wildman–Crippen MR) is 143 cm³/mol. The Kier molecular flexibility index (Phi) is 7.08. The van der Waals surface area contributed by atoms with Crippen molar-refractivity contribution in [2.24, 2.45) is 0 Å². The summed E-state index contributed by atoms with van der Waals surface area (Å²) in [6, 6.07) is 18.3. The zero-order valence-electron chi connectivity index (χ0n) is 21.3. The summed E-state index contributed by atoms with van der Waals surface area (Å²) in [5.74, 6) is 2.08. The molecule has 0 saturated heterocycles. The van der Waals surface area contributed by atoms with Gasteiger partial charge in [-0.2, -0.15) is 0 Å². The lowest BCUT2D eigenvalue weighted by atomic mass is 9.90. The van der Waals surface area contributed by atoms with Gasteiger partial charge in [-0.15, -0.1) is 0 Å². The van der Waals surface area contributed by atoms with Crippen molar-refractivity contribution in [2.75, 3.05) is 0 Å². The number of aryl methyl sites for hydroxylation is 6. The minimum Gasteiger partial charge on any atom is -0.455 e. The maximum absolute atomic E-state index is 6.95. The van der Waals surface area contributed by atoms with Crippen LogP contribution in [-0.2, 0) is 38.5 Å². The van der Waals surface area contributed by atoms with E-state index in [1.807, 2.05) is 0 Å². The highest BCUT2D eigenvalue weighted by molar-refractivity contribution is 6.04. The van der Waals surface area contributed by atoms with Gasteiger partial charge >= 0.3 is 0 Å². The van der Waals surface area contributed by atoms with Crippen molar-refractivity contribution in [2.45, 2.75) is 80.1 Å². The highest BCUT2D eigenvalue weighted by atomic mass is 16.3. The molecule has 0 N–H and O–H groups in total. The molecule has 1 heteroatoms. The molecule has 0 unspecified atom stereocenters. The summed E-state index contributed by atoms with van der Waals surface area (Å²) in [4.78, 5) is 0. The molecule has 0 aliphatic carbocycles. The summed E-state index contributed by atoms with van der Waals surface area (Å²) >= 11 is 0. The monoisotopic (exact) mass is 438 g/mol. The molecule has 1 nitrogen and oxygen atoms in total. The van der Waals surface area contributed by atoms with Gasteiger partial charge in [0.2, 0.25) is 0 Å². The average Bonchev–Trinajstić information content (AvgIpc) is 3.25. The molecule has 0 atom stereocenters. The SMILES string of the molecule is CCc1cc(CC)c(-c2oc(-c3c(CC)cc(CC)cc3CC)c3ccccc23)c(CC)c1. The second-order valence-electron chi connectivity index (χ2n) is 9.01. The number of benzene rings is 3. The van der Waals surface area contributed by atoms with Gasteiger partial charge in [-0.1, -0.05) is 90.1 Å². The highest BCUT2D eigenvalue weighted by Crippen LogP contribution is 2.44. The van der Waals surface area contributed by atoms with Crippen LogP contribution in [0.4, 0.5) is 0 Å². The molecule has 0 spiro atoms. The molecular weight excluding hydrogens is 400 g/mol. The van der Waals surface area contributed by atoms with E-state index in [2.05, 4.69) is 90.1 Å². The van der Waals surface area contributed by atoms with Gasteiger partial charge in [0.15, 0.2) is 0 Å². The molecule has 0 radical (unpaired) electrons. The van der Waals surface area contributed by atoms with Crippen molar-refractivity contribution in [3.8, 4) is 22.6 Å². The Bertz CT molecular complexity index is 1120. The highest BCUT2D eigenvalue weighted by Gasteiger charge is 2.23. The molecule has 3 aromatic carbocycles. The molecule has 172 valence electrons. The van der Waals surface area contributed by atoms with Crippen LogP contribution in [0.25, 0.3) is 33.4 Å². The Balaban J connectivity index is 2.08. The maximum atomic E-state index is 6.95. The lowest BCUT2D eigenvalue weighted by Crippen LogP contribution is -1.98. The van der Waals surface area contributed by atoms with Gasteiger partial charge in [-0.25, -0.2) is 0 Å². The average molecular weight is 439 g/mol. The molecule has 0 saturated carbocycles. The summed E-state index contributed by atoms with van der Waals surface area (Å²) in [5.41, 5.74) is 11.0. The molecule has 1 aromatic heterocycles.